The molecule has 4 aliphatic rings. The SMILES string of the molecule is COC(=O)N[C@H](C(=O)N1[C@H](c2ncc(-c3ccc(-c4ccc(-c5cnc([C@@H]6C[C@@]7(CCCOC7)CN6C(=O)[C@@H](C)C(C)C)[nH]5)cc4)cc3)[nH]2)C[C@@H]2CCCC[C@@H]21)C(C)C. The van der Waals surface area contributed by atoms with Crippen molar-refractivity contribution in [1.82, 2.24) is 35.1 Å². The van der Waals surface area contributed by atoms with Crippen molar-refractivity contribution in [2.75, 3.05) is 26.9 Å². The smallest absolute Gasteiger partial charge is 0.407 e. The maximum atomic E-state index is 14.2. The van der Waals surface area contributed by atoms with Gasteiger partial charge in [0.1, 0.15) is 17.7 Å². The molecule has 59 heavy (non-hydrogen) atoms. The van der Waals surface area contributed by atoms with Gasteiger partial charge in [0.25, 0.3) is 0 Å². The van der Waals surface area contributed by atoms with Crippen LogP contribution >= 0.6 is 0 Å². The van der Waals surface area contributed by atoms with E-state index >= 15 is 0 Å². The van der Waals surface area contributed by atoms with Crippen molar-refractivity contribution in [1.29, 1.82) is 0 Å². The summed E-state index contributed by atoms with van der Waals surface area (Å²) in [5, 5.41) is 2.80. The predicted octanol–water partition coefficient (Wildman–Crippen LogP) is 8.71. The molecule has 4 aromatic rings. The van der Waals surface area contributed by atoms with Gasteiger partial charge in [-0.1, -0.05) is 96.0 Å². The van der Waals surface area contributed by atoms with Crippen molar-refractivity contribution in [2.45, 2.75) is 110 Å². The van der Waals surface area contributed by atoms with Gasteiger partial charge in [-0.25, -0.2) is 14.8 Å². The molecule has 0 radical (unpaired) electrons. The van der Waals surface area contributed by atoms with Gasteiger partial charge in [0.05, 0.1) is 49.6 Å². The molecule has 4 fully saturated rings. The van der Waals surface area contributed by atoms with Crippen LogP contribution in [0.25, 0.3) is 33.6 Å². The molecule has 1 spiro atoms. The third-order valence-electron chi connectivity index (χ3n) is 13.9. The maximum Gasteiger partial charge on any atom is 0.407 e. The standard InChI is InChI=1S/C47H61N7O5/c1-28(2)30(5)44(55)53-26-47(20-9-21-59-27-47)23-40(53)43-49-25-37(51-43)34-18-14-32(15-19-34)31-12-16-33(17-13-31)36-24-48-42(50-36)39-22-35-10-7-8-11-38(35)54(39)45(56)41(29(3)4)52-46(57)58-6/h12-19,24-25,28-30,35,38-41H,7-11,20-23,26-27H2,1-6H3,(H,48,50)(H,49,51)(H,52,57)/t30-,35-,38-,39-,40-,41-,47-/m0/s1. The second-order valence-corrected chi connectivity index (χ2v) is 18.4. The number of carbonyl (C=O) groups is 3. The Hall–Kier alpha value is -4.97. The Kier molecular flexibility index (Phi) is 11.7. The van der Waals surface area contributed by atoms with Crippen LogP contribution in [0.2, 0.25) is 0 Å². The number of ether oxygens (including phenoxy) is 2. The van der Waals surface area contributed by atoms with E-state index in [0.29, 0.717) is 12.5 Å². The number of H-pyrrole nitrogens is 2. The van der Waals surface area contributed by atoms with E-state index in [0.717, 1.165) is 103 Å². The summed E-state index contributed by atoms with van der Waals surface area (Å²) in [4.78, 5) is 61.2. The molecule has 0 unspecified atom stereocenters. The molecule has 7 atom stereocenters. The molecule has 314 valence electrons. The normalized spacial score (nSPS) is 25.4. The minimum atomic E-state index is -0.679. The van der Waals surface area contributed by atoms with E-state index in [1.165, 1.54) is 13.5 Å². The van der Waals surface area contributed by atoms with E-state index in [1.807, 2.05) is 38.1 Å². The van der Waals surface area contributed by atoms with Gasteiger partial charge in [0.2, 0.25) is 11.8 Å². The number of hydrogen-bond acceptors (Lipinski definition) is 7. The number of likely N-dealkylation sites (tertiary alicyclic amines) is 2. The van der Waals surface area contributed by atoms with Crippen molar-refractivity contribution in [3.8, 4) is 33.6 Å². The highest BCUT2D eigenvalue weighted by atomic mass is 16.5. The van der Waals surface area contributed by atoms with Crippen LogP contribution in [0, 0.1) is 29.1 Å². The second kappa shape index (κ2) is 17.0. The third-order valence-corrected chi connectivity index (χ3v) is 13.9. The van der Waals surface area contributed by atoms with E-state index in [-0.39, 0.29) is 53.1 Å². The third kappa shape index (κ3) is 8.17. The number of nitrogens with zero attached hydrogens (tertiary/aromatic N) is 4. The monoisotopic (exact) mass is 803 g/mol. The minimum absolute atomic E-state index is 0.0156. The number of carbonyl (C=O) groups excluding carboxylic acids is 3. The fourth-order valence-electron chi connectivity index (χ4n) is 10.1. The predicted molar refractivity (Wildman–Crippen MR) is 227 cm³/mol. The molecule has 12 nitrogen and oxygen atoms in total. The zero-order chi connectivity index (χ0) is 41.4. The van der Waals surface area contributed by atoms with Crippen LogP contribution in [-0.2, 0) is 19.1 Å². The molecule has 3 N–H and O–H groups in total. The van der Waals surface area contributed by atoms with Gasteiger partial charge >= 0.3 is 6.09 Å². The lowest BCUT2D eigenvalue weighted by atomic mass is 9.80. The summed E-state index contributed by atoms with van der Waals surface area (Å²) in [6, 6.07) is 16.1. The van der Waals surface area contributed by atoms with Gasteiger partial charge in [0, 0.05) is 30.5 Å². The fourth-order valence-corrected chi connectivity index (χ4v) is 10.1. The first-order valence-corrected chi connectivity index (χ1v) is 21.8. The number of hydrogen-bond donors (Lipinski definition) is 3. The number of methoxy groups -OCH3 is 1. The summed E-state index contributed by atoms with van der Waals surface area (Å²) >= 11 is 0. The van der Waals surface area contributed by atoms with Crippen molar-refractivity contribution in [3.63, 3.8) is 0 Å². The Balaban J connectivity index is 0.965. The van der Waals surface area contributed by atoms with Crippen LogP contribution in [0.5, 0.6) is 0 Å². The number of rotatable bonds is 10. The average Bonchev–Trinajstić information content (AvgIpc) is 4.08. The lowest BCUT2D eigenvalue weighted by molar-refractivity contribution is -0.139. The molecule has 1 aliphatic carbocycles. The summed E-state index contributed by atoms with van der Waals surface area (Å²) in [5.41, 5.74) is 6.06. The number of nitrogens with one attached hydrogen (secondary N) is 3. The van der Waals surface area contributed by atoms with Crippen LogP contribution in [0.15, 0.2) is 60.9 Å². The first-order chi connectivity index (χ1) is 28.4. The molecule has 2 aromatic carbocycles. The highest BCUT2D eigenvalue weighted by Gasteiger charge is 2.50. The molecule has 3 saturated heterocycles. The number of alkyl carbamates (subject to hydrolysis) is 1. The summed E-state index contributed by atoms with van der Waals surface area (Å²) in [6.45, 7) is 12.4. The lowest BCUT2D eigenvalue weighted by Crippen LogP contribution is -2.53. The maximum absolute atomic E-state index is 14.2. The van der Waals surface area contributed by atoms with Crippen molar-refractivity contribution in [3.05, 3.63) is 72.6 Å². The van der Waals surface area contributed by atoms with Gasteiger partial charge in [0.15, 0.2) is 0 Å². The van der Waals surface area contributed by atoms with Gasteiger partial charge in [-0.3, -0.25) is 9.59 Å². The minimum Gasteiger partial charge on any atom is -0.453 e. The first-order valence-electron chi connectivity index (χ1n) is 21.8. The van der Waals surface area contributed by atoms with E-state index in [1.54, 1.807) is 0 Å². The summed E-state index contributed by atoms with van der Waals surface area (Å²) < 4.78 is 10.8. The van der Waals surface area contributed by atoms with E-state index in [4.69, 9.17) is 19.4 Å². The molecule has 8 rings (SSSR count). The van der Waals surface area contributed by atoms with Crippen molar-refractivity contribution in [2.24, 2.45) is 29.1 Å². The Labute approximate surface area is 348 Å². The largest absolute Gasteiger partial charge is 0.453 e. The van der Waals surface area contributed by atoms with Crippen LogP contribution in [0.3, 0.4) is 0 Å². The van der Waals surface area contributed by atoms with Gasteiger partial charge < -0.3 is 34.6 Å². The van der Waals surface area contributed by atoms with Crippen molar-refractivity contribution < 1.29 is 23.9 Å². The van der Waals surface area contributed by atoms with E-state index in [2.05, 4.69) is 82.6 Å². The molecule has 1 saturated carbocycles. The number of fused-ring (bicyclic) bond motifs is 1. The quantitative estimate of drug-likeness (QED) is 0.145. The van der Waals surface area contributed by atoms with Crippen LogP contribution in [0.1, 0.15) is 110 Å². The zero-order valence-electron chi connectivity index (χ0n) is 35.5. The number of imidazole rings is 2. The summed E-state index contributed by atoms with van der Waals surface area (Å²) in [7, 11) is 1.32. The highest BCUT2D eigenvalue weighted by molar-refractivity contribution is 5.87. The average molecular weight is 804 g/mol. The summed E-state index contributed by atoms with van der Waals surface area (Å²) in [6.07, 6.45) is 11.3. The van der Waals surface area contributed by atoms with E-state index < -0.39 is 12.1 Å². The topological polar surface area (TPSA) is 146 Å². The lowest BCUT2D eigenvalue weighted by Gasteiger charge is -2.36. The zero-order valence-corrected chi connectivity index (χ0v) is 35.5. The molecular formula is C47H61N7O5. The summed E-state index contributed by atoms with van der Waals surface area (Å²) in [5.74, 6) is 2.27. The van der Waals surface area contributed by atoms with Gasteiger partial charge in [-0.2, -0.15) is 0 Å². The Bertz CT molecular complexity index is 2100. The number of benzene rings is 2. The molecule has 2 aromatic heterocycles. The van der Waals surface area contributed by atoms with Crippen LogP contribution < -0.4 is 5.32 Å². The molecule has 3 aliphatic heterocycles. The first kappa shape index (κ1) is 40.8. The fraction of sp³-hybridized carbons (Fsp3) is 0.553. The Morgan fingerprint density at radius 3 is 1.95 bits per heavy atom. The second-order valence-electron chi connectivity index (χ2n) is 18.4. The molecular weight excluding hydrogens is 743 g/mol. The molecule has 0 bridgehead atoms. The van der Waals surface area contributed by atoms with Gasteiger partial charge in [-0.15, -0.1) is 0 Å². The van der Waals surface area contributed by atoms with E-state index in [9.17, 15) is 14.4 Å². The Morgan fingerprint density at radius 1 is 0.797 bits per heavy atom. The number of aromatic nitrogens is 4. The molecule has 12 heteroatoms. The van der Waals surface area contributed by atoms with Crippen LogP contribution in [-0.4, -0.2) is 86.6 Å². The van der Waals surface area contributed by atoms with Crippen LogP contribution in [0.4, 0.5) is 4.79 Å². The Morgan fingerprint density at radius 2 is 1.39 bits per heavy atom. The number of aromatic amines is 2. The molecule has 5 heterocycles. The number of amides is 3. The highest BCUT2D eigenvalue weighted by Crippen LogP contribution is 2.49. The van der Waals surface area contributed by atoms with Gasteiger partial charge in [-0.05, 0) is 78.5 Å². The molecule has 3 amide bonds. The van der Waals surface area contributed by atoms with Crippen molar-refractivity contribution >= 4 is 17.9 Å².